The summed E-state index contributed by atoms with van der Waals surface area (Å²) >= 11 is 0. The number of aliphatic carboxylic acids is 1. The van der Waals surface area contributed by atoms with E-state index in [0.29, 0.717) is 6.42 Å². The Kier molecular flexibility index (Phi) is 27.3. The van der Waals surface area contributed by atoms with Crippen LogP contribution in [0.5, 0.6) is 0 Å². The first-order chi connectivity index (χ1) is 8.18. The molecule has 18 heavy (non-hydrogen) atoms. The van der Waals surface area contributed by atoms with Crippen molar-refractivity contribution in [1.82, 2.24) is 0 Å². The average molecular weight is 258 g/mol. The van der Waals surface area contributed by atoms with E-state index in [1.54, 1.807) is 0 Å². The number of rotatable bonds is 10. The van der Waals surface area contributed by atoms with E-state index in [0.717, 1.165) is 12.8 Å². The molecule has 0 atom stereocenters. The Labute approximate surface area is 115 Å². The van der Waals surface area contributed by atoms with E-state index >= 15 is 0 Å². The Balaban J connectivity index is -0.000000507. The fraction of sp³-hybridized carbons (Fsp3) is 0.812. The van der Waals surface area contributed by atoms with Gasteiger partial charge in [-0.15, -0.1) is 0 Å². The molecule has 0 aromatic rings. The van der Waals surface area contributed by atoms with Crippen molar-refractivity contribution >= 4 is 5.97 Å². The van der Waals surface area contributed by atoms with Gasteiger partial charge in [-0.05, 0) is 12.8 Å². The number of hydrogen-bond acceptors (Lipinski definition) is 1. The maximum absolute atomic E-state index is 10.2. The van der Waals surface area contributed by atoms with Gasteiger partial charge in [-0.2, -0.15) is 0 Å². The summed E-state index contributed by atoms with van der Waals surface area (Å²) in [7, 11) is 0. The summed E-state index contributed by atoms with van der Waals surface area (Å²) in [5.41, 5.74) is 0. The van der Waals surface area contributed by atoms with E-state index in [1.165, 1.54) is 44.9 Å². The molecule has 2 radical (unpaired) electrons. The standard InChI is InChI=1S/C12H24O2.C3H7.CH3/c1-2-3-4-5-6-7-8-9-10-11-12(13)14;1-3-2;/h2-11H2,1H3,(H,13,14);3H,1-2H3;1H3. The number of unbranched alkanes of at least 4 members (excludes halogenated alkanes) is 8. The first kappa shape index (κ1) is 22.6. The maximum Gasteiger partial charge on any atom is 0.303 e. The lowest BCUT2D eigenvalue weighted by molar-refractivity contribution is -0.137. The van der Waals surface area contributed by atoms with E-state index in [9.17, 15) is 4.79 Å². The Hall–Kier alpha value is -0.530. The highest BCUT2D eigenvalue weighted by Gasteiger charge is 1.96. The van der Waals surface area contributed by atoms with Crippen molar-refractivity contribution in [2.24, 2.45) is 0 Å². The highest BCUT2D eigenvalue weighted by molar-refractivity contribution is 5.66. The minimum atomic E-state index is -0.659. The summed E-state index contributed by atoms with van der Waals surface area (Å²) < 4.78 is 0. The van der Waals surface area contributed by atoms with Crippen LogP contribution in [-0.4, -0.2) is 11.1 Å². The molecular formula is C16H34O2. The Bertz CT molecular complexity index is 144. The van der Waals surface area contributed by atoms with Crippen molar-refractivity contribution in [1.29, 1.82) is 0 Å². The molecule has 0 amide bonds. The molecule has 0 saturated heterocycles. The summed E-state index contributed by atoms with van der Waals surface area (Å²) in [6, 6.07) is 0. The van der Waals surface area contributed by atoms with E-state index in [-0.39, 0.29) is 7.43 Å². The van der Waals surface area contributed by atoms with Gasteiger partial charge in [-0.25, -0.2) is 0 Å². The monoisotopic (exact) mass is 258 g/mol. The third-order valence-corrected chi connectivity index (χ3v) is 2.49. The summed E-state index contributed by atoms with van der Waals surface area (Å²) in [6.07, 6.45) is 13.5. The quantitative estimate of drug-likeness (QED) is 0.512. The normalized spacial score (nSPS) is 9.06. The molecule has 0 aliphatic rings. The van der Waals surface area contributed by atoms with Crippen molar-refractivity contribution in [3.63, 3.8) is 0 Å². The summed E-state index contributed by atoms with van der Waals surface area (Å²) in [4.78, 5) is 10.2. The first-order valence-corrected chi connectivity index (χ1v) is 7.14. The molecule has 110 valence electrons. The van der Waals surface area contributed by atoms with Crippen LogP contribution in [0.25, 0.3) is 0 Å². The Morgan fingerprint density at radius 3 is 1.56 bits per heavy atom. The minimum absolute atomic E-state index is 0. The lowest BCUT2D eigenvalue weighted by Crippen LogP contribution is -1.93. The van der Waals surface area contributed by atoms with Crippen molar-refractivity contribution in [3.8, 4) is 0 Å². The zero-order valence-corrected chi connectivity index (χ0v) is 13.0. The molecule has 0 saturated carbocycles. The predicted molar refractivity (Wildman–Crippen MR) is 81.5 cm³/mol. The second kappa shape index (κ2) is 21.7. The molecule has 2 heteroatoms. The van der Waals surface area contributed by atoms with Crippen LogP contribution < -0.4 is 0 Å². The average Bonchev–Trinajstić information content (AvgIpc) is 2.27. The lowest BCUT2D eigenvalue weighted by atomic mass is 10.1. The van der Waals surface area contributed by atoms with E-state index < -0.39 is 5.97 Å². The topological polar surface area (TPSA) is 37.3 Å². The predicted octanol–water partition coefficient (Wildman–Crippen LogP) is 5.67. The summed E-state index contributed by atoms with van der Waals surface area (Å²) in [5.74, 6) is -0.659. The second-order valence-corrected chi connectivity index (χ2v) is 4.55. The Morgan fingerprint density at radius 1 is 0.889 bits per heavy atom. The minimum Gasteiger partial charge on any atom is -0.481 e. The molecule has 0 aromatic heterocycles. The van der Waals surface area contributed by atoms with Crippen LogP contribution in [0, 0.1) is 13.8 Å². The van der Waals surface area contributed by atoms with Gasteiger partial charge in [0.15, 0.2) is 0 Å². The van der Waals surface area contributed by atoms with Gasteiger partial charge in [0.05, 0.1) is 0 Å². The van der Waals surface area contributed by atoms with Crippen molar-refractivity contribution in [3.05, 3.63) is 13.8 Å². The molecule has 0 aliphatic heterocycles. The molecule has 0 aromatic carbocycles. The van der Waals surface area contributed by atoms with Gasteiger partial charge < -0.3 is 5.11 Å². The zero-order valence-electron chi connectivity index (χ0n) is 13.0. The fourth-order valence-corrected chi connectivity index (χ4v) is 1.59. The summed E-state index contributed by atoms with van der Waals surface area (Å²) in [6.45, 7) is 6.23. The fourth-order valence-electron chi connectivity index (χ4n) is 1.59. The van der Waals surface area contributed by atoms with Crippen LogP contribution >= 0.6 is 0 Å². The van der Waals surface area contributed by atoms with Gasteiger partial charge in [0.2, 0.25) is 0 Å². The zero-order chi connectivity index (χ0) is 13.4. The molecule has 2 nitrogen and oxygen atoms in total. The molecule has 1 N–H and O–H groups in total. The molecule has 0 rings (SSSR count). The van der Waals surface area contributed by atoms with Gasteiger partial charge in [-0.1, -0.05) is 79.6 Å². The highest BCUT2D eigenvalue weighted by atomic mass is 16.4. The van der Waals surface area contributed by atoms with Crippen molar-refractivity contribution < 1.29 is 9.90 Å². The molecule has 0 spiro atoms. The summed E-state index contributed by atoms with van der Waals surface area (Å²) in [5, 5.41) is 8.41. The molecule has 0 aliphatic carbocycles. The largest absolute Gasteiger partial charge is 0.481 e. The Morgan fingerprint density at radius 2 is 1.22 bits per heavy atom. The van der Waals surface area contributed by atoms with Crippen LogP contribution in [0.4, 0.5) is 0 Å². The first-order valence-electron chi connectivity index (χ1n) is 7.14. The van der Waals surface area contributed by atoms with E-state index in [2.05, 4.69) is 6.92 Å². The number of carboxylic acid groups (broad SMARTS) is 1. The van der Waals surface area contributed by atoms with Gasteiger partial charge >= 0.3 is 5.97 Å². The lowest BCUT2D eigenvalue weighted by Gasteiger charge is -2.00. The number of hydrogen-bond donors (Lipinski definition) is 1. The third-order valence-electron chi connectivity index (χ3n) is 2.49. The van der Waals surface area contributed by atoms with Crippen molar-refractivity contribution in [2.45, 2.75) is 85.0 Å². The molecule has 0 fully saturated rings. The smallest absolute Gasteiger partial charge is 0.303 e. The second-order valence-electron chi connectivity index (χ2n) is 4.55. The van der Waals surface area contributed by atoms with Crippen LogP contribution in [0.3, 0.4) is 0 Å². The highest BCUT2D eigenvalue weighted by Crippen LogP contribution is 2.10. The van der Waals surface area contributed by atoms with Gasteiger partial charge in [-0.3, -0.25) is 4.79 Å². The molecule has 0 bridgehead atoms. The maximum atomic E-state index is 10.2. The van der Waals surface area contributed by atoms with Gasteiger partial charge in [0.1, 0.15) is 0 Å². The van der Waals surface area contributed by atoms with Gasteiger partial charge in [0, 0.05) is 6.42 Å². The number of carbonyl (C=O) groups is 1. The van der Waals surface area contributed by atoms with Crippen LogP contribution in [0.1, 0.15) is 85.0 Å². The van der Waals surface area contributed by atoms with Crippen LogP contribution in [0.2, 0.25) is 0 Å². The molecular weight excluding hydrogens is 224 g/mol. The molecule has 0 heterocycles. The van der Waals surface area contributed by atoms with Crippen molar-refractivity contribution in [2.75, 3.05) is 0 Å². The van der Waals surface area contributed by atoms with E-state index in [4.69, 9.17) is 5.11 Å². The van der Waals surface area contributed by atoms with E-state index in [1.807, 2.05) is 20.3 Å². The van der Waals surface area contributed by atoms with Gasteiger partial charge in [0.25, 0.3) is 0 Å². The number of carboxylic acids is 1. The SMILES string of the molecule is CCCCCCCCCCCC(=O)O.C[CH]C.[CH3]. The third kappa shape index (κ3) is 29.5. The molecule has 0 unspecified atom stereocenters. The van der Waals surface area contributed by atoms with Crippen LogP contribution in [0.15, 0.2) is 0 Å². The van der Waals surface area contributed by atoms with Crippen LogP contribution in [-0.2, 0) is 4.79 Å².